The van der Waals surface area contributed by atoms with Crippen molar-refractivity contribution in [2.24, 2.45) is 28.1 Å². The van der Waals surface area contributed by atoms with Crippen LogP contribution in [0.5, 0.6) is 0 Å². The number of nitrogens with one attached hydrogen (secondary N) is 1. The summed E-state index contributed by atoms with van der Waals surface area (Å²) < 4.78 is 0. The first-order chi connectivity index (χ1) is 8.34. The fourth-order valence-electron chi connectivity index (χ4n) is 2.46. The van der Waals surface area contributed by atoms with Gasteiger partial charge in [0.1, 0.15) is 0 Å². The van der Waals surface area contributed by atoms with Crippen molar-refractivity contribution in [2.45, 2.75) is 47.5 Å². The summed E-state index contributed by atoms with van der Waals surface area (Å²) in [6.07, 6.45) is 2.46. The lowest BCUT2D eigenvalue weighted by atomic mass is 9.75. The van der Waals surface area contributed by atoms with Crippen LogP contribution in [-0.4, -0.2) is 30.5 Å². The van der Waals surface area contributed by atoms with E-state index in [0.29, 0.717) is 11.3 Å². The van der Waals surface area contributed by atoms with Crippen LogP contribution in [0.1, 0.15) is 47.5 Å². The van der Waals surface area contributed by atoms with E-state index in [2.05, 4.69) is 49.9 Å². The van der Waals surface area contributed by atoms with Gasteiger partial charge in [-0.1, -0.05) is 34.6 Å². The lowest BCUT2D eigenvalue weighted by Crippen LogP contribution is -2.49. The predicted octanol–water partition coefficient (Wildman–Crippen LogP) is 2.22. The number of hydrogen-bond donors (Lipinski definition) is 2. The zero-order valence-corrected chi connectivity index (χ0v) is 12.7. The Labute approximate surface area is 112 Å². The van der Waals surface area contributed by atoms with Crippen LogP contribution in [0.4, 0.5) is 0 Å². The smallest absolute Gasteiger partial charge is 0.208 e. The van der Waals surface area contributed by atoms with Gasteiger partial charge in [-0.25, -0.2) is 5.84 Å². The largest absolute Gasteiger partial charge is 0.342 e. The van der Waals surface area contributed by atoms with E-state index in [-0.39, 0.29) is 0 Å². The van der Waals surface area contributed by atoms with Gasteiger partial charge in [0.15, 0.2) is 0 Å². The highest BCUT2D eigenvalue weighted by Crippen LogP contribution is 2.34. The number of hydrogen-bond acceptors (Lipinski definition) is 2. The monoisotopic (exact) mass is 254 g/mol. The van der Waals surface area contributed by atoms with Crippen molar-refractivity contribution in [3.8, 4) is 0 Å². The molecule has 3 N–H and O–H groups in total. The van der Waals surface area contributed by atoms with E-state index in [1.54, 1.807) is 0 Å². The maximum atomic E-state index is 5.59. The van der Waals surface area contributed by atoms with Gasteiger partial charge in [0.25, 0.3) is 0 Å². The van der Waals surface area contributed by atoms with Crippen LogP contribution in [-0.2, 0) is 0 Å². The lowest BCUT2D eigenvalue weighted by Gasteiger charge is -2.39. The van der Waals surface area contributed by atoms with E-state index >= 15 is 0 Å². The highest BCUT2D eigenvalue weighted by molar-refractivity contribution is 5.79. The Morgan fingerprint density at radius 2 is 1.89 bits per heavy atom. The molecule has 0 bridgehead atoms. The molecular formula is C14H30N4. The molecule has 0 unspecified atom stereocenters. The summed E-state index contributed by atoms with van der Waals surface area (Å²) in [6, 6.07) is 0. The molecule has 1 heterocycles. The summed E-state index contributed by atoms with van der Waals surface area (Å²) in [4.78, 5) is 6.84. The molecule has 1 rings (SSSR count). The molecule has 1 saturated heterocycles. The second-order valence-electron chi connectivity index (χ2n) is 6.83. The third-order valence-corrected chi connectivity index (χ3v) is 3.75. The van der Waals surface area contributed by atoms with E-state index in [4.69, 9.17) is 5.84 Å². The van der Waals surface area contributed by atoms with Gasteiger partial charge in [0.05, 0.1) is 0 Å². The maximum Gasteiger partial charge on any atom is 0.208 e. The highest BCUT2D eigenvalue weighted by Gasteiger charge is 2.29. The van der Waals surface area contributed by atoms with Crippen molar-refractivity contribution < 1.29 is 0 Å². The standard InChI is InChI=1S/C14H30N4/c1-11(2)10-16-13(17-15)18-8-6-12(7-9-18)14(3,4)5/h11-12H,6-10,15H2,1-5H3,(H,16,17). The quantitative estimate of drug-likeness (QED) is 0.344. The molecule has 1 fully saturated rings. The first kappa shape index (κ1) is 15.3. The van der Waals surface area contributed by atoms with Crippen molar-refractivity contribution in [1.29, 1.82) is 0 Å². The van der Waals surface area contributed by atoms with Crippen molar-refractivity contribution >= 4 is 5.96 Å². The van der Waals surface area contributed by atoms with Crippen LogP contribution < -0.4 is 11.3 Å². The third kappa shape index (κ3) is 4.48. The van der Waals surface area contributed by atoms with Crippen LogP contribution in [0.25, 0.3) is 0 Å². The van der Waals surface area contributed by atoms with Crippen LogP contribution >= 0.6 is 0 Å². The first-order valence-electron chi connectivity index (χ1n) is 7.10. The summed E-state index contributed by atoms with van der Waals surface area (Å²) >= 11 is 0. The van der Waals surface area contributed by atoms with Gasteiger partial charge < -0.3 is 4.90 Å². The molecule has 4 heteroatoms. The molecule has 0 radical (unpaired) electrons. The molecule has 18 heavy (non-hydrogen) atoms. The van der Waals surface area contributed by atoms with Crippen LogP contribution in [0.2, 0.25) is 0 Å². The van der Waals surface area contributed by atoms with Gasteiger partial charge in [-0.05, 0) is 30.1 Å². The number of aliphatic imine (C=N–C) groups is 1. The van der Waals surface area contributed by atoms with E-state index < -0.39 is 0 Å². The summed E-state index contributed by atoms with van der Waals surface area (Å²) in [5.74, 6) is 7.82. The van der Waals surface area contributed by atoms with E-state index in [1.165, 1.54) is 12.8 Å². The Morgan fingerprint density at radius 1 is 1.33 bits per heavy atom. The van der Waals surface area contributed by atoms with Crippen LogP contribution in [0.3, 0.4) is 0 Å². The number of nitrogens with two attached hydrogens (primary N) is 1. The summed E-state index contributed by atoms with van der Waals surface area (Å²) in [5, 5.41) is 0. The average molecular weight is 254 g/mol. The van der Waals surface area contributed by atoms with Crippen molar-refractivity contribution in [2.75, 3.05) is 19.6 Å². The topological polar surface area (TPSA) is 53.6 Å². The highest BCUT2D eigenvalue weighted by atomic mass is 15.4. The van der Waals surface area contributed by atoms with Gasteiger partial charge in [-0.3, -0.25) is 10.4 Å². The molecule has 0 atom stereocenters. The Bertz CT molecular complexity index is 270. The zero-order chi connectivity index (χ0) is 13.8. The number of guanidine groups is 1. The maximum absolute atomic E-state index is 5.59. The van der Waals surface area contributed by atoms with Gasteiger partial charge in [0.2, 0.25) is 5.96 Å². The molecule has 0 aromatic carbocycles. The van der Waals surface area contributed by atoms with Gasteiger partial charge in [0, 0.05) is 19.6 Å². The molecule has 0 spiro atoms. The molecule has 4 nitrogen and oxygen atoms in total. The van der Waals surface area contributed by atoms with Crippen molar-refractivity contribution in [3.05, 3.63) is 0 Å². The van der Waals surface area contributed by atoms with Gasteiger partial charge in [-0.15, -0.1) is 0 Å². The molecule has 1 aliphatic heterocycles. The van der Waals surface area contributed by atoms with Crippen LogP contribution in [0, 0.1) is 17.3 Å². The minimum absolute atomic E-state index is 0.414. The summed E-state index contributed by atoms with van der Waals surface area (Å²) in [7, 11) is 0. The van der Waals surface area contributed by atoms with E-state index in [1.807, 2.05) is 0 Å². The molecule has 0 aromatic heterocycles. The summed E-state index contributed by atoms with van der Waals surface area (Å²) in [6.45, 7) is 14.3. The zero-order valence-electron chi connectivity index (χ0n) is 12.7. The fourth-order valence-corrected chi connectivity index (χ4v) is 2.46. The van der Waals surface area contributed by atoms with Gasteiger partial charge in [-0.2, -0.15) is 0 Å². The average Bonchev–Trinajstić information content (AvgIpc) is 2.29. The molecule has 0 amide bonds. The second kappa shape index (κ2) is 6.41. The minimum Gasteiger partial charge on any atom is -0.342 e. The number of piperidine rings is 1. The fraction of sp³-hybridized carbons (Fsp3) is 0.929. The normalized spacial score (nSPS) is 19.5. The van der Waals surface area contributed by atoms with Crippen LogP contribution in [0.15, 0.2) is 4.99 Å². The molecule has 0 aliphatic carbocycles. The SMILES string of the molecule is CC(C)CN=C(NN)N1CCC(C(C)(C)C)CC1. The predicted molar refractivity (Wildman–Crippen MR) is 78.2 cm³/mol. The molecule has 0 saturated carbocycles. The second-order valence-corrected chi connectivity index (χ2v) is 6.83. The number of likely N-dealkylation sites (tertiary alicyclic amines) is 1. The Kier molecular flexibility index (Phi) is 5.45. The first-order valence-corrected chi connectivity index (χ1v) is 7.10. The third-order valence-electron chi connectivity index (χ3n) is 3.75. The number of hydrazine groups is 1. The molecular weight excluding hydrogens is 224 g/mol. The van der Waals surface area contributed by atoms with E-state index in [0.717, 1.165) is 31.5 Å². The van der Waals surface area contributed by atoms with Gasteiger partial charge >= 0.3 is 0 Å². The Hall–Kier alpha value is -0.770. The molecule has 1 aliphatic rings. The Balaban J connectivity index is 2.52. The van der Waals surface area contributed by atoms with E-state index in [9.17, 15) is 0 Å². The lowest BCUT2D eigenvalue weighted by molar-refractivity contribution is 0.147. The van der Waals surface area contributed by atoms with Crippen molar-refractivity contribution in [1.82, 2.24) is 10.3 Å². The molecule has 106 valence electrons. The molecule has 0 aromatic rings. The minimum atomic E-state index is 0.414. The number of rotatable bonds is 2. The number of nitrogens with zero attached hydrogens (tertiary/aromatic N) is 2. The Morgan fingerprint density at radius 3 is 2.28 bits per heavy atom. The summed E-state index contributed by atoms with van der Waals surface area (Å²) in [5.41, 5.74) is 3.17. The van der Waals surface area contributed by atoms with Crippen molar-refractivity contribution in [3.63, 3.8) is 0 Å².